The minimum atomic E-state index is -0.530. The van der Waals surface area contributed by atoms with Crippen molar-refractivity contribution in [1.82, 2.24) is 0 Å². The van der Waals surface area contributed by atoms with E-state index in [0.29, 0.717) is 12.1 Å². The largest absolute Gasteiger partial charge is 0.480 e. The lowest BCUT2D eigenvalue weighted by atomic mass is 10.1. The van der Waals surface area contributed by atoms with E-state index in [1.807, 2.05) is 57.2 Å². The summed E-state index contributed by atoms with van der Waals surface area (Å²) < 4.78 is 5.86. The highest BCUT2D eigenvalue weighted by Gasteiger charge is 2.19. The smallest absolute Gasteiger partial charge is 0.265 e. The highest BCUT2D eigenvalue weighted by molar-refractivity contribution is 5.95. The van der Waals surface area contributed by atoms with Crippen LogP contribution in [0.2, 0.25) is 0 Å². The zero-order valence-corrected chi connectivity index (χ0v) is 13.2. The molecule has 0 aliphatic rings. The van der Waals surface area contributed by atoms with Crippen LogP contribution in [-0.4, -0.2) is 12.0 Å². The standard InChI is InChI=1S/C18H22N2O2/c1-4-16(22-17-8-6-5-7-12(17)2)18(21)20-15-10-9-14(19)11-13(15)3/h5-11,16H,4,19H2,1-3H3,(H,20,21)/t16-/m0/s1. The summed E-state index contributed by atoms with van der Waals surface area (Å²) in [6.07, 6.45) is 0.0619. The third-order valence-electron chi connectivity index (χ3n) is 3.53. The number of hydrogen-bond acceptors (Lipinski definition) is 3. The molecule has 116 valence electrons. The zero-order chi connectivity index (χ0) is 16.1. The first-order valence-electron chi connectivity index (χ1n) is 7.40. The van der Waals surface area contributed by atoms with E-state index in [0.717, 1.165) is 22.6 Å². The number of carbonyl (C=O) groups is 1. The fourth-order valence-corrected chi connectivity index (χ4v) is 2.20. The second-order valence-electron chi connectivity index (χ2n) is 5.34. The van der Waals surface area contributed by atoms with Gasteiger partial charge in [0.15, 0.2) is 6.10 Å². The predicted molar refractivity (Wildman–Crippen MR) is 90.1 cm³/mol. The fourth-order valence-electron chi connectivity index (χ4n) is 2.20. The summed E-state index contributed by atoms with van der Waals surface area (Å²) in [5.74, 6) is 0.581. The number of hydrogen-bond donors (Lipinski definition) is 2. The third kappa shape index (κ3) is 3.79. The van der Waals surface area contributed by atoms with E-state index in [2.05, 4.69) is 5.32 Å². The number of nitrogens with one attached hydrogen (secondary N) is 1. The van der Waals surface area contributed by atoms with Crippen LogP contribution in [0.15, 0.2) is 42.5 Å². The highest BCUT2D eigenvalue weighted by Crippen LogP contribution is 2.21. The number of rotatable bonds is 5. The predicted octanol–water partition coefficient (Wildman–Crippen LogP) is 3.68. The van der Waals surface area contributed by atoms with Gasteiger partial charge in [0.05, 0.1) is 0 Å². The Hall–Kier alpha value is -2.49. The average Bonchev–Trinajstić information content (AvgIpc) is 2.49. The van der Waals surface area contributed by atoms with Gasteiger partial charge in [-0.1, -0.05) is 25.1 Å². The molecular formula is C18H22N2O2. The van der Waals surface area contributed by atoms with Crippen LogP contribution in [0.1, 0.15) is 24.5 Å². The molecule has 22 heavy (non-hydrogen) atoms. The van der Waals surface area contributed by atoms with Gasteiger partial charge < -0.3 is 15.8 Å². The van der Waals surface area contributed by atoms with Crippen molar-refractivity contribution in [3.8, 4) is 5.75 Å². The molecule has 0 saturated heterocycles. The van der Waals surface area contributed by atoms with Crippen LogP contribution in [0.4, 0.5) is 11.4 Å². The number of amides is 1. The van der Waals surface area contributed by atoms with Gasteiger partial charge in [-0.3, -0.25) is 4.79 Å². The van der Waals surface area contributed by atoms with Crippen LogP contribution < -0.4 is 15.8 Å². The van der Waals surface area contributed by atoms with Crippen molar-refractivity contribution in [2.45, 2.75) is 33.3 Å². The number of benzene rings is 2. The van der Waals surface area contributed by atoms with Crippen molar-refractivity contribution < 1.29 is 9.53 Å². The molecule has 0 bridgehead atoms. The number of ether oxygens (including phenoxy) is 1. The van der Waals surface area contributed by atoms with Gasteiger partial charge in [-0.25, -0.2) is 0 Å². The molecule has 0 aliphatic carbocycles. The Labute approximate surface area is 131 Å². The van der Waals surface area contributed by atoms with E-state index >= 15 is 0 Å². The van der Waals surface area contributed by atoms with E-state index in [9.17, 15) is 4.79 Å². The molecule has 0 radical (unpaired) electrons. The van der Waals surface area contributed by atoms with Crippen LogP contribution in [-0.2, 0) is 4.79 Å². The molecular weight excluding hydrogens is 276 g/mol. The monoisotopic (exact) mass is 298 g/mol. The van der Waals surface area contributed by atoms with Gasteiger partial charge in [0.25, 0.3) is 5.91 Å². The van der Waals surface area contributed by atoms with Crippen molar-refractivity contribution in [2.75, 3.05) is 11.1 Å². The maximum absolute atomic E-state index is 12.4. The van der Waals surface area contributed by atoms with Crippen LogP contribution in [0.3, 0.4) is 0 Å². The molecule has 0 heterocycles. The Morgan fingerprint density at radius 1 is 1.18 bits per heavy atom. The maximum atomic E-state index is 12.4. The molecule has 0 aromatic heterocycles. The molecule has 4 nitrogen and oxygen atoms in total. The molecule has 2 rings (SSSR count). The summed E-state index contributed by atoms with van der Waals surface area (Å²) in [5.41, 5.74) is 9.10. The molecule has 0 spiro atoms. The summed E-state index contributed by atoms with van der Waals surface area (Å²) in [6, 6.07) is 13.1. The Balaban J connectivity index is 2.10. The van der Waals surface area contributed by atoms with E-state index in [1.165, 1.54) is 0 Å². The summed E-state index contributed by atoms with van der Waals surface area (Å²) in [4.78, 5) is 12.4. The van der Waals surface area contributed by atoms with Crippen molar-refractivity contribution in [2.24, 2.45) is 0 Å². The van der Waals surface area contributed by atoms with E-state index in [-0.39, 0.29) is 5.91 Å². The Kier molecular flexibility index (Phi) is 5.04. The molecule has 1 amide bonds. The SMILES string of the molecule is CC[C@H](Oc1ccccc1C)C(=O)Nc1ccc(N)cc1C. The van der Waals surface area contributed by atoms with Crippen LogP contribution in [0.5, 0.6) is 5.75 Å². The van der Waals surface area contributed by atoms with Gasteiger partial charge in [-0.15, -0.1) is 0 Å². The first-order chi connectivity index (χ1) is 10.5. The quantitative estimate of drug-likeness (QED) is 0.828. The second-order valence-corrected chi connectivity index (χ2v) is 5.34. The van der Waals surface area contributed by atoms with Crippen LogP contribution >= 0.6 is 0 Å². The summed E-state index contributed by atoms with van der Waals surface area (Å²) >= 11 is 0. The second kappa shape index (κ2) is 6.98. The molecule has 3 N–H and O–H groups in total. The van der Waals surface area contributed by atoms with E-state index < -0.39 is 6.10 Å². The van der Waals surface area contributed by atoms with Crippen LogP contribution in [0, 0.1) is 13.8 Å². The third-order valence-corrected chi connectivity index (χ3v) is 3.53. The Morgan fingerprint density at radius 3 is 2.55 bits per heavy atom. The minimum absolute atomic E-state index is 0.154. The highest BCUT2D eigenvalue weighted by atomic mass is 16.5. The number of aryl methyl sites for hydroxylation is 2. The molecule has 0 saturated carbocycles. The van der Waals surface area contributed by atoms with Crippen LogP contribution in [0.25, 0.3) is 0 Å². The first-order valence-corrected chi connectivity index (χ1v) is 7.40. The maximum Gasteiger partial charge on any atom is 0.265 e. The van der Waals surface area contributed by atoms with Gasteiger partial charge in [0.1, 0.15) is 5.75 Å². The Morgan fingerprint density at radius 2 is 1.91 bits per heavy atom. The molecule has 2 aromatic carbocycles. The van der Waals surface area contributed by atoms with Gasteiger partial charge in [0, 0.05) is 11.4 Å². The molecule has 1 atom stereocenters. The molecule has 4 heteroatoms. The number of carbonyl (C=O) groups excluding carboxylic acids is 1. The lowest BCUT2D eigenvalue weighted by Crippen LogP contribution is -2.32. The fraction of sp³-hybridized carbons (Fsp3) is 0.278. The molecule has 0 unspecified atom stereocenters. The summed E-state index contributed by atoms with van der Waals surface area (Å²) in [7, 11) is 0. The number of anilines is 2. The van der Waals surface area contributed by atoms with Crippen molar-refractivity contribution in [3.05, 3.63) is 53.6 Å². The lowest BCUT2D eigenvalue weighted by Gasteiger charge is -2.19. The minimum Gasteiger partial charge on any atom is -0.480 e. The van der Waals surface area contributed by atoms with Gasteiger partial charge in [-0.05, 0) is 55.7 Å². The molecule has 0 fully saturated rings. The first kappa shape index (κ1) is 15.9. The van der Waals surface area contributed by atoms with Crippen molar-refractivity contribution in [1.29, 1.82) is 0 Å². The number of para-hydroxylation sites is 1. The normalized spacial score (nSPS) is 11.8. The van der Waals surface area contributed by atoms with Gasteiger partial charge in [-0.2, -0.15) is 0 Å². The van der Waals surface area contributed by atoms with E-state index in [1.54, 1.807) is 6.07 Å². The summed E-state index contributed by atoms with van der Waals surface area (Å²) in [5, 5.41) is 2.91. The molecule has 0 aliphatic heterocycles. The molecule has 2 aromatic rings. The van der Waals surface area contributed by atoms with E-state index in [4.69, 9.17) is 10.5 Å². The number of nitrogens with two attached hydrogens (primary N) is 1. The zero-order valence-electron chi connectivity index (χ0n) is 13.2. The Bertz CT molecular complexity index is 668. The average molecular weight is 298 g/mol. The lowest BCUT2D eigenvalue weighted by molar-refractivity contribution is -0.122. The van der Waals surface area contributed by atoms with Crippen molar-refractivity contribution in [3.63, 3.8) is 0 Å². The van der Waals surface area contributed by atoms with Crippen molar-refractivity contribution >= 4 is 17.3 Å². The van der Waals surface area contributed by atoms with Gasteiger partial charge >= 0.3 is 0 Å². The summed E-state index contributed by atoms with van der Waals surface area (Å²) in [6.45, 7) is 5.80. The topological polar surface area (TPSA) is 64.3 Å². The van der Waals surface area contributed by atoms with Gasteiger partial charge in [0.2, 0.25) is 0 Å². The number of nitrogen functional groups attached to an aromatic ring is 1.